The third-order valence-corrected chi connectivity index (χ3v) is 3.57. The lowest BCUT2D eigenvalue weighted by Gasteiger charge is -2.08. The van der Waals surface area contributed by atoms with Crippen molar-refractivity contribution in [2.24, 2.45) is 0 Å². The zero-order valence-corrected chi connectivity index (χ0v) is 8.49. The number of halogens is 2. The fourth-order valence-corrected chi connectivity index (χ4v) is 3.38. The van der Waals surface area contributed by atoms with Gasteiger partial charge in [-0.3, -0.25) is 4.57 Å². The van der Waals surface area contributed by atoms with Gasteiger partial charge in [-0.2, -0.15) is 0 Å². The molecule has 1 aliphatic rings. The molecule has 1 aliphatic heterocycles. The fourth-order valence-electron chi connectivity index (χ4n) is 0.938. The molecular formula is C6H9Cl2O2P. The van der Waals surface area contributed by atoms with Crippen LogP contribution in [0.25, 0.3) is 0 Å². The Balaban J connectivity index is 2.65. The van der Waals surface area contributed by atoms with E-state index in [-0.39, 0.29) is 6.10 Å². The Morgan fingerprint density at radius 2 is 2.45 bits per heavy atom. The number of hydrogen-bond donors (Lipinski definition) is 0. The van der Waals surface area contributed by atoms with Crippen molar-refractivity contribution in [3.63, 3.8) is 0 Å². The second kappa shape index (κ2) is 3.49. The van der Waals surface area contributed by atoms with Gasteiger partial charge in [0, 0.05) is 5.82 Å². The third kappa shape index (κ3) is 2.48. The molecule has 64 valence electrons. The second-order valence-corrected chi connectivity index (χ2v) is 5.78. The maximum atomic E-state index is 11.1. The molecule has 0 aromatic carbocycles. The summed E-state index contributed by atoms with van der Waals surface area (Å²) in [5.41, 5.74) is 0. The van der Waals surface area contributed by atoms with Crippen LogP contribution in [0.5, 0.6) is 0 Å². The monoisotopic (exact) mass is 214 g/mol. The van der Waals surface area contributed by atoms with Crippen molar-refractivity contribution in [2.75, 3.05) is 0 Å². The molecule has 0 saturated heterocycles. The van der Waals surface area contributed by atoms with Crippen LogP contribution >= 0.6 is 29.6 Å². The first-order valence-electron chi connectivity index (χ1n) is 3.41. The molecule has 0 bridgehead atoms. The lowest BCUT2D eigenvalue weighted by atomic mass is 10.2. The Labute approximate surface area is 75.8 Å². The topological polar surface area (TPSA) is 26.3 Å². The van der Waals surface area contributed by atoms with Gasteiger partial charge in [-0.05, 0) is 17.7 Å². The van der Waals surface area contributed by atoms with Crippen LogP contribution in [0.15, 0.2) is 10.8 Å². The van der Waals surface area contributed by atoms with Gasteiger partial charge < -0.3 is 4.52 Å². The Kier molecular flexibility index (Phi) is 3.04. The van der Waals surface area contributed by atoms with E-state index >= 15 is 0 Å². The third-order valence-electron chi connectivity index (χ3n) is 1.41. The molecule has 1 rings (SSSR count). The molecule has 0 spiro atoms. The van der Waals surface area contributed by atoms with Crippen LogP contribution in [0, 0.1) is 0 Å². The van der Waals surface area contributed by atoms with Crippen LogP contribution in [0.4, 0.5) is 0 Å². The summed E-state index contributed by atoms with van der Waals surface area (Å²) >= 11 is 11.2. The van der Waals surface area contributed by atoms with Crippen LogP contribution in [0.1, 0.15) is 19.8 Å². The lowest BCUT2D eigenvalue weighted by molar-refractivity contribution is 0.257. The van der Waals surface area contributed by atoms with E-state index in [1.807, 2.05) is 6.92 Å². The van der Waals surface area contributed by atoms with Gasteiger partial charge in [0.2, 0.25) is 0 Å². The van der Waals surface area contributed by atoms with Crippen molar-refractivity contribution in [1.29, 1.82) is 0 Å². The lowest BCUT2D eigenvalue weighted by Crippen LogP contribution is -2.04. The normalized spacial score (nSPS) is 37.4. The van der Waals surface area contributed by atoms with Crippen LogP contribution in [0.3, 0.4) is 0 Å². The van der Waals surface area contributed by atoms with Crippen molar-refractivity contribution in [3.05, 3.63) is 10.8 Å². The van der Waals surface area contributed by atoms with E-state index in [0.29, 0.717) is 5.03 Å². The fraction of sp³-hybridized carbons (Fsp3) is 0.667. The Hall–Kier alpha value is 0.510. The van der Waals surface area contributed by atoms with Crippen molar-refractivity contribution >= 4 is 29.6 Å². The number of hydrogen-bond acceptors (Lipinski definition) is 2. The van der Waals surface area contributed by atoms with Crippen molar-refractivity contribution in [2.45, 2.75) is 25.9 Å². The quantitative estimate of drug-likeness (QED) is 0.656. The molecule has 1 heterocycles. The molecule has 0 aromatic heterocycles. The molecule has 0 amide bonds. The molecule has 2 atom stereocenters. The molecule has 0 N–H and O–H groups in total. The maximum absolute atomic E-state index is 11.1. The summed E-state index contributed by atoms with van der Waals surface area (Å²) in [7, 11) is 0. The highest BCUT2D eigenvalue weighted by molar-refractivity contribution is 7.88. The molecule has 0 aromatic rings. The molecule has 2 unspecified atom stereocenters. The molecule has 2 nitrogen and oxygen atoms in total. The van der Waals surface area contributed by atoms with E-state index in [1.54, 1.807) is 0 Å². The maximum Gasteiger partial charge on any atom is 0.314 e. The highest BCUT2D eigenvalue weighted by atomic mass is 35.7. The van der Waals surface area contributed by atoms with Gasteiger partial charge in [0.15, 0.2) is 0 Å². The largest absolute Gasteiger partial charge is 0.314 e. The summed E-state index contributed by atoms with van der Waals surface area (Å²) < 4.78 is 16.1. The molecule has 0 fully saturated rings. The van der Waals surface area contributed by atoms with Gasteiger partial charge in [-0.1, -0.05) is 24.9 Å². The van der Waals surface area contributed by atoms with Crippen LogP contribution in [0.2, 0.25) is 0 Å². The van der Waals surface area contributed by atoms with E-state index in [4.69, 9.17) is 27.4 Å². The Bertz CT molecular complexity index is 227. The first kappa shape index (κ1) is 9.60. The van der Waals surface area contributed by atoms with Gasteiger partial charge in [-0.25, -0.2) is 0 Å². The molecule has 0 radical (unpaired) electrons. The van der Waals surface area contributed by atoms with Gasteiger partial charge >= 0.3 is 6.72 Å². The minimum absolute atomic E-state index is 0.245. The average molecular weight is 215 g/mol. The van der Waals surface area contributed by atoms with Crippen LogP contribution in [-0.4, -0.2) is 6.10 Å². The summed E-state index contributed by atoms with van der Waals surface area (Å²) in [6, 6.07) is 0. The van der Waals surface area contributed by atoms with E-state index in [2.05, 4.69) is 0 Å². The molecule has 11 heavy (non-hydrogen) atoms. The summed E-state index contributed by atoms with van der Waals surface area (Å²) in [5.74, 6) is 1.32. The van der Waals surface area contributed by atoms with Gasteiger partial charge in [0.1, 0.15) is 6.10 Å². The summed E-state index contributed by atoms with van der Waals surface area (Å²) in [4.78, 5) is 0. The summed E-state index contributed by atoms with van der Waals surface area (Å²) in [5, 5.41) is 0.477. The average Bonchev–Trinajstić information content (AvgIpc) is 2.07. The van der Waals surface area contributed by atoms with E-state index in [0.717, 1.165) is 12.8 Å². The molecule has 0 aliphatic carbocycles. The van der Waals surface area contributed by atoms with E-state index < -0.39 is 6.72 Å². The minimum Gasteiger partial charge on any atom is -0.306 e. The number of rotatable bonds is 2. The van der Waals surface area contributed by atoms with Crippen LogP contribution < -0.4 is 0 Å². The van der Waals surface area contributed by atoms with Crippen LogP contribution in [-0.2, 0) is 9.09 Å². The second-order valence-electron chi connectivity index (χ2n) is 2.42. The smallest absolute Gasteiger partial charge is 0.306 e. The first-order chi connectivity index (χ1) is 5.05. The van der Waals surface area contributed by atoms with Crippen molar-refractivity contribution < 1.29 is 9.09 Å². The Morgan fingerprint density at radius 3 is 2.82 bits per heavy atom. The van der Waals surface area contributed by atoms with E-state index in [1.165, 1.54) is 5.82 Å². The predicted molar refractivity (Wildman–Crippen MR) is 47.2 cm³/mol. The zero-order chi connectivity index (χ0) is 8.48. The SMILES string of the molecule is CCCC1OP(=O)(Cl)C=C1Cl. The molecular weight excluding hydrogens is 206 g/mol. The van der Waals surface area contributed by atoms with Crippen molar-refractivity contribution in [1.82, 2.24) is 0 Å². The highest BCUT2D eigenvalue weighted by Gasteiger charge is 2.32. The zero-order valence-electron chi connectivity index (χ0n) is 6.09. The summed E-state index contributed by atoms with van der Waals surface area (Å²) in [6.07, 6.45) is 1.46. The Morgan fingerprint density at radius 1 is 1.82 bits per heavy atom. The highest BCUT2D eigenvalue weighted by Crippen LogP contribution is 2.61. The predicted octanol–water partition coefficient (Wildman–Crippen LogP) is 3.70. The van der Waals surface area contributed by atoms with Gasteiger partial charge in [0.05, 0.1) is 5.03 Å². The molecule has 0 saturated carbocycles. The van der Waals surface area contributed by atoms with Crippen molar-refractivity contribution in [3.8, 4) is 0 Å². The van der Waals surface area contributed by atoms with Gasteiger partial charge in [-0.15, -0.1) is 0 Å². The summed E-state index contributed by atoms with van der Waals surface area (Å²) in [6.45, 7) is -1.00. The first-order valence-corrected chi connectivity index (χ1v) is 6.39. The molecule has 5 heteroatoms. The van der Waals surface area contributed by atoms with Gasteiger partial charge in [0.25, 0.3) is 0 Å². The van der Waals surface area contributed by atoms with E-state index in [9.17, 15) is 4.57 Å². The standard InChI is InChI=1S/C6H9Cl2O2P/c1-2-3-6-5(7)4-11(8,9)10-6/h4,6H,2-3H2,1H3. The minimum atomic E-state index is -3.01.